The monoisotopic (exact) mass is 131 g/mol. The molecule has 0 amide bonds. The Bertz CT molecular complexity index is 120. The second kappa shape index (κ2) is 2.08. The highest BCUT2D eigenvalue weighted by Crippen LogP contribution is 2.20. The lowest BCUT2D eigenvalue weighted by molar-refractivity contribution is 0.726. The van der Waals surface area contributed by atoms with Gasteiger partial charge < -0.3 is 5.73 Å². The largest absolute Gasteiger partial charge is 0.326 e. The fraction of sp³-hybridized carbons (Fsp3) is 0.667. The number of alkyl halides is 1. The minimum atomic E-state index is 0.0787. The van der Waals surface area contributed by atoms with Gasteiger partial charge in [0.25, 0.3) is 0 Å². The van der Waals surface area contributed by atoms with Crippen LogP contribution in [-0.2, 0) is 0 Å². The molecule has 1 nitrogen and oxygen atoms in total. The molecule has 0 bridgehead atoms. The minimum absolute atomic E-state index is 0.0787. The van der Waals surface area contributed by atoms with Crippen LogP contribution >= 0.6 is 11.6 Å². The first-order valence-electron chi connectivity index (χ1n) is 2.77. The van der Waals surface area contributed by atoms with E-state index in [0.717, 1.165) is 6.42 Å². The number of hydrogen-bond donors (Lipinski definition) is 1. The molecule has 0 fully saturated rings. The Hall–Kier alpha value is -0.0100. The zero-order valence-electron chi connectivity index (χ0n) is 4.89. The van der Waals surface area contributed by atoms with E-state index in [0.29, 0.717) is 0 Å². The van der Waals surface area contributed by atoms with Gasteiger partial charge in [-0.1, -0.05) is 11.6 Å². The lowest BCUT2D eigenvalue weighted by Crippen LogP contribution is -2.24. The fourth-order valence-corrected chi connectivity index (χ4v) is 1.25. The molecule has 0 radical (unpaired) electrons. The van der Waals surface area contributed by atoms with Gasteiger partial charge >= 0.3 is 0 Å². The Labute approximate surface area is 54.5 Å². The molecule has 1 aliphatic carbocycles. The van der Waals surface area contributed by atoms with E-state index in [9.17, 15) is 0 Å². The number of halogens is 1. The third-order valence-corrected chi connectivity index (χ3v) is 1.86. The van der Waals surface area contributed by atoms with Crippen molar-refractivity contribution < 1.29 is 0 Å². The zero-order valence-corrected chi connectivity index (χ0v) is 5.65. The van der Waals surface area contributed by atoms with Crippen LogP contribution in [0.2, 0.25) is 0 Å². The molecule has 0 saturated carbocycles. The number of rotatable bonds is 0. The summed E-state index contributed by atoms with van der Waals surface area (Å²) in [6, 6.07) is 0.164. The van der Waals surface area contributed by atoms with Crippen molar-refractivity contribution in [2.45, 2.75) is 24.8 Å². The van der Waals surface area contributed by atoms with Crippen LogP contribution < -0.4 is 5.73 Å². The van der Waals surface area contributed by atoms with E-state index in [2.05, 4.69) is 6.92 Å². The van der Waals surface area contributed by atoms with Gasteiger partial charge in [0, 0.05) is 6.04 Å². The summed E-state index contributed by atoms with van der Waals surface area (Å²) in [4.78, 5) is 0. The number of hydrogen-bond acceptors (Lipinski definition) is 1. The molecule has 0 aromatic rings. The molecular formula is C6H10ClN. The van der Waals surface area contributed by atoms with Gasteiger partial charge in [0.05, 0.1) is 5.38 Å². The lowest BCUT2D eigenvalue weighted by Gasteiger charge is -2.03. The Morgan fingerprint density at radius 3 is 2.62 bits per heavy atom. The van der Waals surface area contributed by atoms with Crippen LogP contribution in [0.5, 0.6) is 0 Å². The number of nitrogens with two attached hydrogens (primary N) is 1. The van der Waals surface area contributed by atoms with E-state index in [-0.39, 0.29) is 11.4 Å². The highest BCUT2D eigenvalue weighted by molar-refractivity contribution is 6.22. The maximum atomic E-state index is 5.76. The summed E-state index contributed by atoms with van der Waals surface area (Å²) in [5.74, 6) is 0. The highest BCUT2D eigenvalue weighted by atomic mass is 35.5. The summed E-state index contributed by atoms with van der Waals surface area (Å²) in [6.45, 7) is 2.06. The standard InChI is InChI=1S/C6H10ClN/c1-4-2-5(7)6(8)3-4/h2,5-6H,3,8H2,1H3/t5-,6-/m0/s1. The van der Waals surface area contributed by atoms with Crippen LogP contribution in [0.1, 0.15) is 13.3 Å². The van der Waals surface area contributed by atoms with Crippen molar-refractivity contribution in [3.05, 3.63) is 11.6 Å². The van der Waals surface area contributed by atoms with Gasteiger partial charge in [0.2, 0.25) is 0 Å². The van der Waals surface area contributed by atoms with E-state index in [1.54, 1.807) is 0 Å². The Morgan fingerprint density at radius 1 is 1.88 bits per heavy atom. The van der Waals surface area contributed by atoms with E-state index >= 15 is 0 Å². The normalized spacial score (nSPS) is 37.6. The fourth-order valence-electron chi connectivity index (χ4n) is 0.948. The van der Waals surface area contributed by atoms with Gasteiger partial charge in [-0.05, 0) is 13.3 Å². The summed E-state index contributed by atoms with van der Waals surface area (Å²) in [6.07, 6.45) is 2.99. The molecule has 46 valence electrons. The van der Waals surface area contributed by atoms with E-state index < -0.39 is 0 Å². The van der Waals surface area contributed by atoms with Gasteiger partial charge in [0.1, 0.15) is 0 Å². The second-order valence-corrected chi connectivity index (χ2v) is 2.83. The average molecular weight is 132 g/mol. The maximum absolute atomic E-state index is 5.76. The predicted octanol–water partition coefficient (Wildman–Crippen LogP) is 1.27. The molecular weight excluding hydrogens is 122 g/mol. The van der Waals surface area contributed by atoms with Gasteiger partial charge in [-0.3, -0.25) is 0 Å². The quantitative estimate of drug-likeness (QED) is 0.389. The van der Waals surface area contributed by atoms with Crippen molar-refractivity contribution in [2.24, 2.45) is 5.73 Å². The van der Waals surface area contributed by atoms with Crippen LogP contribution in [0.25, 0.3) is 0 Å². The summed E-state index contributed by atoms with van der Waals surface area (Å²) < 4.78 is 0. The Balaban J connectivity index is 2.56. The van der Waals surface area contributed by atoms with Gasteiger partial charge in [0.15, 0.2) is 0 Å². The maximum Gasteiger partial charge on any atom is 0.0672 e. The summed E-state index contributed by atoms with van der Waals surface area (Å²) in [5.41, 5.74) is 6.90. The highest BCUT2D eigenvalue weighted by Gasteiger charge is 2.18. The van der Waals surface area contributed by atoms with E-state index in [1.165, 1.54) is 5.57 Å². The van der Waals surface area contributed by atoms with Crippen LogP contribution in [0, 0.1) is 0 Å². The van der Waals surface area contributed by atoms with Gasteiger partial charge in [-0.15, -0.1) is 11.6 Å². The Kier molecular flexibility index (Phi) is 1.59. The van der Waals surface area contributed by atoms with Crippen molar-refractivity contribution in [2.75, 3.05) is 0 Å². The smallest absolute Gasteiger partial charge is 0.0672 e. The molecule has 0 unspecified atom stereocenters. The first-order valence-corrected chi connectivity index (χ1v) is 3.21. The van der Waals surface area contributed by atoms with Crippen LogP contribution in [-0.4, -0.2) is 11.4 Å². The molecule has 1 rings (SSSR count). The molecule has 2 heteroatoms. The molecule has 0 aromatic heterocycles. The molecule has 2 atom stereocenters. The third-order valence-electron chi connectivity index (χ3n) is 1.41. The SMILES string of the molecule is CC1=C[C@H](Cl)[C@@H](N)C1. The molecule has 0 saturated heterocycles. The molecule has 1 aliphatic rings. The average Bonchev–Trinajstić information content (AvgIpc) is 1.85. The van der Waals surface area contributed by atoms with E-state index in [1.807, 2.05) is 6.08 Å². The summed E-state index contributed by atoms with van der Waals surface area (Å²) in [5, 5.41) is 0.0787. The van der Waals surface area contributed by atoms with Crippen molar-refractivity contribution in [3.63, 3.8) is 0 Å². The van der Waals surface area contributed by atoms with E-state index in [4.69, 9.17) is 17.3 Å². The third kappa shape index (κ3) is 1.04. The van der Waals surface area contributed by atoms with Gasteiger partial charge in [-0.2, -0.15) is 0 Å². The van der Waals surface area contributed by atoms with Crippen LogP contribution in [0.15, 0.2) is 11.6 Å². The molecule has 0 spiro atoms. The van der Waals surface area contributed by atoms with Crippen molar-refractivity contribution in [1.82, 2.24) is 0 Å². The van der Waals surface area contributed by atoms with Crippen molar-refractivity contribution in [3.8, 4) is 0 Å². The van der Waals surface area contributed by atoms with Crippen molar-refractivity contribution in [1.29, 1.82) is 0 Å². The van der Waals surface area contributed by atoms with Crippen LogP contribution in [0.4, 0.5) is 0 Å². The zero-order chi connectivity index (χ0) is 6.15. The molecule has 8 heavy (non-hydrogen) atoms. The predicted molar refractivity (Wildman–Crippen MR) is 36.0 cm³/mol. The molecule has 2 N–H and O–H groups in total. The first-order chi connectivity index (χ1) is 3.70. The molecule has 0 heterocycles. The topological polar surface area (TPSA) is 26.0 Å². The van der Waals surface area contributed by atoms with Crippen LogP contribution in [0.3, 0.4) is 0 Å². The Morgan fingerprint density at radius 2 is 2.50 bits per heavy atom. The van der Waals surface area contributed by atoms with Gasteiger partial charge in [-0.25, -0.2) is 0 Å². The second-order valence-electron chi connectivity index (χ2n) is 2.33. The summed E-state index contributed by atoms with van der Waals surface area (Å²) >= 11 is 5.76. The lowest BCUT2D eigenvalue weighted by atomic mass is 10.2. The summed E-state index contributed by atoms with van der Waals surface area (Å²) in [7, 11) is 0. The molecule has 0 aliphatic heterocycles. The molecule has 0 aromatic carbocycles. The van der Waals surface area contributed by atoms with Crippen molar-refractivity contribution >= 4 is 11.6 Å². The minimum Gasteiger partial charge on any atom is -0.326 e. The first kappa shape index (κ1) is 6.12.